The van der Waals surface area contributed by atoms with E-state index < -0.39 is 22.1 Å². The molecule has 0 radical (unpaired) electrons. The Hall–Kier alpha value is -2.39. The summed E-state index contributed by atoms with van der Waals surface area (Å²) in [5.41, 5.74) is 1.02. The number of methoxy groups -OCH3 is 2. The van der Waals surface area contributed by atoms with Crippen LogP contribution in [0.25, 0.3) is 0 Å². The van der Waals surface area contributed by atoms with Crippen molar-refractivity contribution in [1.29, 1.82) is 0 Å². The van der Waals surface area contributed by atoms with Crippen molar-refractivity contribution in [1.82, 2.24) is 0 Å². The van der Waals surface area contributed by atoms with Crippen molar-refractivity contribution in [2.24, 2.45) is 0 Å². The van der Waals surface area contributed by atoms with E-state index in [0.29, 0.717) is 17.7 Å². The number of ether oxygens (including phenoxy) is 2. The van der Waals surface area contributed by atoms with Crippen molar-refractivity contribution in [3.8, 4) is 0 Å². The molecule has 1 aliphatic rings. The minimum Gasteiger partial charge on any atom is -0.465 e. The van der Waals surface area contributed by atoms with Gasteiger partial charge in [0.15, 0.2) is 5.57 Å². The van der Waals surface area contributed by atoms with Gasteiger partial charge in [0.2, 0.25) is 0 Å². The van der Waals surface area contributed by atoms with E-state index in [-0.39, 0.29) is 16.5 Å². The lowest BCUT2D eigenvalue weighted by Crippen LogP contribution is -2.27. The molecule has 8 nitrogen and oxygen atoms in total. The smallest absolute Gasteiger partial charge is 0.346 e. The number of nitrogens with zero attached hydrogens (tertiary/aromatic N) is 1. The third-order valence-corrected chi connectivity index (χ3v) is 4.55. The molecule has 1 aliphatic heterocycles. The Morgan fingerprint density at radius 3 is 2.33 bits per heavy atom. The van der Waals surface area contributed by atoms with Gasteiger partial charge in [0.1, 0.15) is 0 Å². The third kappa shape index (κ3) is 3.41. The molecule has 0 amide bonds. The molecule has 24 heavy (non-hydrogen) atoms. The van der Waals surface area contributed by atoms with Gasteiger partial charge < -0.3 is 14.4 Å². The van der Waals surface area contributed by atoms with Crippen LogP contribution in [0.3, 0.4) is 0 Å². The van der Waals surface area contributed by atoms with Crippen LogP contribution >= 0.6 is 0 Å². The molecular weight excluding hydrogens is 338 g/mol. The topological polar surface area (TPSA) is 110 Å². The first kappa shape index (κ1) is 18.0. The Labute approximate surface area is 139 Å². The summed E-state index contributed by atoms with van der Waals surface area (Å²) in [7, 11) is -2.00. The van der Waals surface area contributed by atoms with E-state index >= 15 is 0 Å². The minimum atomic E-state index is -4.30. The molecule has 1 N–H and O–H groups in total. The molecule has 0 saturated carbocycles. The zero-order valence-electron chi connectivity index (χ0n) is 13.3. The predicted octanol–water partition coefficient (Wildman–Crippen LogP) is 0.914. The van der Waals surface area contributed by atoms with Gasteiger partial charge in [-0.2, -0.15) is 8.42 Å². The van der Waals surface area contributed by atoms with Gasteiger partial charge in [0.05, 0.1) is 19.1 Å². The van der Waals surface area contributed by atoms with E-state index in [1.165, 1.54) is 24.4 Å². The van der Waals surface area contributed by atoms with Crippen molar-refractivity contribution < 1.29 is 32.0 Å². The molecule has 1 atom stereocenters. The highest BCUT2D eigenvalue weighted by Gasteiger charge is 2.29. The van der Waals surface area contributed by atoms with Crippen molar-refractivity contribution in [2.75, 3.05) is 19.1 Å². The number of carbonyl (C=O) groups is 2. The van der Waals surface area contributed by atoms with E-state index in [1.54, 1.807) is 4.90 Å². The van der Waals surface area contributed by atoms with Crippen LogP contribution in [0.5, 0.6) is 0 Å². The fraction of sp³-hybridized carbons (Fsp3) is 0.333. The molecule has 0 aliphatic carbocycles. The SMILES string of the molecule is COC(=O)C(=CN1c2ccc(S(=O)(=O)O)cc2CC1C)C(=O)OC. The fourth-order valence-electron chi connectivity index (χ4n) is 2.54. The largest absolute Gasteiger partial charge is 0.465 e. The monoisotopic (exact) mass is 355 g/mol. The van der Waals surface area contributed by atoms with Crippen LogP contribution in [0, 0.1) is 0 Å². The van der Waals surface area contributed by atoms with Gasteiger partial charge in [0.25, 0.3) is 10.1 Å². The Balaban J connectivity index is 2.49. The van der Waals surface area contributed by atoms with Gasteiger partial charge >= 0.3 is 11.9 Å². The van der Waals surface area contributed by atoms with Crippen LogP contribution in [0.1, 0.15) is 12.5 Å². The van der Waals surface area contributed by atoms with E-state index in [1.807, 2.05) is 6.92 Å². The second kappa shape index (κ2) is 6.62. The Kier molecular flexibility index (Phi) is 4.95. The summed E-state index contributed by atoms with van der Waals surface area (Å²) in [6, 6.07) is 3.99. The Morgan fingerprint density at radius 2 is 1.83 bits per heavy atom. The van der Waals surface area contributed by atoms with Crippen LogP contribution < -0.4 is 4.90 Å². The molecule has 9 heteroatoms. The number of benzene rings is 1. The molecule has 0 saturated heterocycles. The highest BCUT2D eigenvalue weighted by atomic mass is 32.2. The lowest BCUT2D eigenvalue weighted by atomic mass is 10.1. The highest BCUT2D eigenvalue weighted by Crippen LogP contribution is 2.34. The molecule has 1 heterocycles. The standard InChI is InChI=1S/C15H17NO7S/c1-9-6-10-7-11(24(19,20)21)4-5-13(10)16(9)8-12(14(17)22-2)15(18)23-3/h4-5,7-9H,6H2,1-3H3,(H,19,20,21). The fourth-order valence-corrected chi connectivity index (χ4v) is 3.07. The predicted molar refractivity (Wildman–Crippen MR) is 84.0 cm³/mol. The summed E-state index contributed by atoms with van der Waals surface area (Å²) in [6.45, 7) is 1.84. The van der Waals surface area contributed by atoms with Gasteiger partial charge in [-0.25, -0.2) is 9.59 Å². The number of fused-ring (bicyclic) bond motifs is 1. The van der Waals surface area contributed by atoms with Gasteiger partial charge in [-0.15, -0.1) is 0 Å². The summed E-state index contributed by atoms with van der Waals surface area (Å²) in [6.07, 6.45) is 1.80. The molecular formula is C15H17NO7S. The van der Waals surface area contributed by atoms with Crippen LogP contribution in [-0.4, -0.2) is 45.2 Å². The average Bonchev–Trinajstić information content (AvgIpc) is 2.84. The van der Waals surface area contributed by atoms with Crippen LogP contribution in [0.4, 0.5) is 5.69 Å². The zero-order chi connectivity index (χ0) is 18.1. The highest BCUT2D eigenvalue weighted by molar-refractivity contribution is 7.85. The number of anilines is 1. The lowest BCUT2D eigenvalue weighted by molar-refractivity contribution is -0.144. The molecule has 2 rings (SSSR count). The van der Waals surface area contributed by atoms with Crippen molar-refractivity contribution in [3.63, 3.8) is 0 Å². The molecule has 0 bridgehead atoms. The van der Waals surface area contributed by atoms with Crippen LogP contribution in [-0.2, 0) is 35.6 Å². The minimum absolute atomic E-state index is 0.138. The second-order valence-electron chi connectivity index (χ2n) is 5.25. The number of rotatable bonds is 4. The maximum absolute atomic E-state index is 11.8. The number of carbonyl (C=O) groups excluding carboxylic acids is 2. The first-order valence-corrected chi connectivity index (χ1v) is 8.40. The Morgan fingerprint density at radius 1 is 1.25 bits per heavy atom. The lowest BCUT2D eigenvalue weighted by Gasteiger charge is -2.21. The van der Waals surface area contributed by atoms with Gasteiger partial charge in [-0.3, -0.25) is 4.55 Å². The molecule has 1 unspecified atom stereocenters. The van der Waals surface area contributed by atoms with Crippen LogP contribution in [0.2, 0.25) is 0 Å². The summed E-state index contributed by atoms with van der Waals surface area (Å²) in [4.78, 5) is 25.0. The van der Waals surface area contributed by atoms with E-state index in [9.17, 15) is 18.0 Å². The first-order chi connectivity index (χ1) is 11.2. The van der Waals surface area contributed by atoms with Gasteiger partial charge in [-0.05, 0) is 37.1 Å². The molecule has 1 aromatic carbocycles. The van der Waals surface area contributed by atoms with Crippen molar-refractivity contribution >= 4 is 27.7 Å². The van der Waals surface area contributed by atoms with Gasteiger partial charge in [0, 0.05) is 17.9 Å². The van der Waals surface area contributed by atoms with Crippen molar-refractivity contribution in [3.05, 3.63) is 35.5 Å². The molecule has 130 valence electrons. The third-order valence-electron chi connectivity index (χ3n) is 3.70. The first-order valence-electron chi connectivity index (χ1n) is 6.96. The summed E-state index contributed by atoms with van der Waals surface area (Å²) < 4.78 is 40.8. The van der Waals surface area contributed by atoms with Crippen LogP contribution in [0.15, 0.2) is 34.9 Å². The van der Waals surface area contributed by atoms with Crippen molar-refractivity contribution in [2.45, 2.75) is 24.3 Å². The molecule has 0 spiro atoms. The summed E-state index contributed by atoms with van der Waals surface area (Å²) in [5, 5.41) is 0. The summed E-state index contributed by atoms with van der Waals surface area (Å²) in [5.74, 6) is -1.67. The second-order valence-corrected chi connectivity index (χ2v) is 6.67. The van der Waals surface area contributed by atoms with E-state index in [0.717, 1.165) is 14.2 Å². The number of hydrogen-bond acceptors (Lipinski definition) is 7. The maximum atomic E-state index is 11.8. The quantitative estimate of drug-likeness (QED) is 0.279. The van der Waals surface area contributed by atoms with Gasteiger partial charge in [-0.1, -0.05) is 0 Å². The maximum Gasteiger partial charge on any atom is 0.346 e. The molecule has 0 aromatic heterocycles. The molecule has 0 fully saturated rings. The van der Waals surface area contributed by atoms with E-state index in [2.05, 4.69) is 9.47 Å². The zero-order valence-corrected chi connectivity index (χ0v) is 14.2. The number of hydrogen-bond donors (Lipinski definition) is 1. The normalized spacial score (nSPS) is 16.3. The Bertz CT molecular complexity index is 795. The van der Waals surface area contributed by atoms with E-state index in [4.69, 9.17) is 4.55 Å². The average molecular weight is 355 g/mol. The summed E-state index contributed by atoms with van der Waals surface area (Å²) >= 11 is 0. The molecule has 1 aromatic rings. The number of esters is 2.